The van der Waals surface area contributed by atoms with Crippen molar-refractivity contribution in [1.82, 2.24) is 24.3 Å². The number of hydrogen-bond donors (Lipinski definition) is 1. The number of sulfonamides is 1. The minimum Gasteiger partial charge on any atom is -0.352 e. The minimum absolute atomic E-state index is 0.203. The maximum atomic E-state index is 13.0. The molecule has 0 unspecified atom stereocenters. The largest absolute Gasteiger partial charge is 0.352 e. The second kappa shape index (κ2) is 8.91. The fraction of sp³-hybridized carbons (Fsp3) is 0.364. The van der Waals surface area contributed by atoms with Crippen LogP contribution in [0.15, 0.2) is 41.3 Å². The summed E-state index contributed by atoms with van der Waals surface area (Å²) in [6.07, 6.45) is 0. The monoisotopic (exact) mass is 469 g/mol. The number of piperazine rings is 1. The number of hydrogen-bond acceptors (Lipinski definition) is 7. The Morgan fingerprint density at radius 2 is 1.52 bits per heavy atom. The lowest BCUT2D eigenvalue weighted by atomic mass is 10.2. The van der Waals surface area contributed by atoms with E-state index in [1.54, 1.807) is 16.8 Å². The average molecular weight is 470 g/mol. The predicted molar refractivity (Wildman–Crippen MR) is 125 cm³/mol. The summed E-state index contributed by atoms with van der Waals surface area (Å²) in [4.78, 5) is 13.4. The molecule has 1 aliphatic heterocycles. The van der Waals surface area contributed by atoms with E-state index in [-0.39, 0.29) is 10.8 Å². The fourth-order valence-electron chi connectivity index (χ4n) is 3.76. The van der Waals surface area contributed by atoms with E-state index in [2.05, 4.69) is 20.6 Å². The molecule has 3 heterocycles. The van der Waals surface area contributed by atoms with Crippen LogP contribution < -0.4 is 10.2 Å². The van der Waals surface area contributed by atoms with Crippen molar-refractivity contribution in [1.29, 1.82) is 0 Å². The molecule has 4 rings (SSSR count). The molecule has 1 fully saturated rings. The average Bonchev–Trinajstić information content (AvgIpc) is 3.06. The number of benzene rings is 1. The van der Waals surface area contributed by atoms with Gasteiger partial charge in [0.2, 0.25) is 15.9 Å². The predicted octanol–water partition coefficient (Wildman–Crippen LogP) is 2.06. The molecule has 33 heavy (non-hydrogen) atoms. The van der Waals surface area contributed by atoms with Crippen molar-refractivity contribution < 1.29 is 13.2 Å². The van der Waals surface area contributed by atoms with Gasteiger partial charge in [0.1, 0.15) is 0 Å². The maximum Gasteiger partial charge on any atom is 0.243 e. The first-order valence-electron chi connectivity index (χ1n) is 10.7. The summed E-state index contributed by atoms with van der Waals surface area (Å²) in [7, 11) is -3.62. The first kappa shape index (κ1) is 22.9. The van der Waals surface area contributed by atoms with Crippen LogP contribution in [0, 0.1) is 20.8 Å². The van der Waals surface area contributed by atoms with Gasteiger partial charge >= 0.3 is 0 Å². The molecule has 1 N–H and O–H groups in total. The third kappa shape index (κ3) is 4.60. The van der Waals surface area contributed by atoms with Crippen molar-refractivity contribution in [2.45, 2.75) is 32.6 Å². The topological polar surface area (TPSA) is 113 Å². The molecule has 1 saturated heterocycles. The lowest BCUT2D eigenvalue weighted by Crippen LogP contribution is -2.49. The minimum atomic E-state index is -3.62. The maximum absolute atomic E-state index is 13.0. The Morgan fingerprint density at radius 1 is 0.909 bits per heavy atom. The summed E-state index contributed by atoms with van der Waals surface area (Å²) in [5, 5.41) is 15.8. The van der Waals surface area contributed by atoms with E-state index in [0.717, 1.165) is 17.0 Å². The second-order valence-corrected chi connectivity index (χ2v) is 9.99. The lowest BCUT2D eigenvalue weighted by Gasteiger charge is -2.34. The van der Waals surface area contributed by atoms with Gasteiger partial charge in [-0.15, -0.1) is 10.2 Å². The van der Waals surface area contributed by atoms with Crippen LogP contribution in [0.3, 0.4) is 0 Å². The van der Waals surface area contributed by atoms with Crippen molar-refractivity contribution in [2.75, 3.05) is 36.4 Å². The van der Waals surface area contributed by atoms with E-state index in [1.807, 2.05) is 37.8 Å². The molecular weight excluding hydrogens is 442 g/mol. The Morgan fingerprint density at radius 3 is 2.03 bits per heavy atom. The molecule has 0 aliphatic carbocycles. The van der Waals surface area contributed by atoms with Crippen LogP contribution in [0.5, 0.6) is 0 Å². The molecular formula is C22H27N7O3S. The van der Waals surface area contributed by atoms with E-state index in [9.17, 15) is 13.2 Å². The SMILES string of the molecule is CC(=O)Nc1ccc(S(=O)(=O)N2CCN(c3ccc(-n4nc(C)c(C)c4C)nn3)CC2)cc1. The Kier molecular flexibility index (Phi) is 6.17. The highest BCUT2D eigenvalue weighted by molar-refractivity contribution is 7.89. The normalized spacial score (nSPS) is 15.0. The van der Waals surface area contributed by atoms with Crippen molar-refractivity contribution in [3.8, 4) is 5.82 Å². The number of nitrogens with zero attached hydrogens (tertiary/aromatic N) is 6. The van der Waals surface area contributed by atoms with Crippen LogP contribution in [-0.2, 0) is 14.8 Å². The van der Waals surface area contributed by atoms with Gasteiger partial charge in [0.25, 0.3) is 0 Å². The van der Waals surface area contributed by atoms with Crippen molar-refractivity contribution in [3.05, 3.63) is 53.3 Å². The molecule has 1 amide bonds. The standard InChI is InChI=1S/C22H27N7O3S/c1-15-16(2)26-29(17(15)3)22-10-9-21(24-25-22)27-11-13-28(14-12-27)33(31,32)20-7-5-19(6-8-20)23-18(4)30/h5-10H,11-14H2,1-4H3,(H,23,30). The highest BCUT2D eigenvalue weighted by Gasteiger charge is 2.29. The number of amides is 1. The lowest BCUT2D eigenvalue weighted by molar-refractivity contribution is -0.114. The third-order valence-corrected chi connectivity index (χ3v) is 7.79. The van der Waals surface area contributed by atoms with Crippen LogP contribution in [0.25, 0.3) is 5.82 Å². The first-order chi connectivity index (χ1) is 15.7. The van der Waals surface area contributed by atoms with Gasteiger partial charge in [-0.25, -0.2) is 13.1 Å². The molecule has 0 spiro atoms. The van der Waals surface area contributed by atoms with E-state index < -0.39 is 10.0 Å². The second-order valence-electron chi connectivity index (χ2n) is 8.05. The quantitative estimate of drug-likeness (QED) is 0.608. The van der Waals surface area contributed by atoms with E-state index >= 15 is 0 Å². The molecule has 1 aliphatic rings. The van der Waals surface area contributed by atoms with Gasteiger partial charge in [0.05, 0.1) is 10.6 Å². The zero-order valence-electron chi connectivity index (χ0n) is 19.1. The first-order valence-corrected chi connectivity index (χ1v) is 12.1. The number of carbonyl (C=O) groups is 1. The summed E-state index contributed by atoms with van der Waals surface area (Å²) in [6.45, 7) is 9.10. The molecule has 0 atom stereocenters. The number of anilines is 2. The van der Waals surface area contributed by atoms with Gasteiger partial charge in [-0.3, -0.25) is 4.79 Å². The molecule has 1 aromatic carbocycles. The van der Waals surface area contributed by atoms with Crippen LogP contribution in [-0.4, -0.2) is 64.8 Å². The van der Waals surface area contributed by atoms with Crippen LogP contribution in [0.4, 0.5) is 11.5 Å². The number of aromatic nitrogens is 4. The molecule has 0 bridgehead atoms. The Hall–Kier alpha value is -3.31. The Balaban J connectivity index is 1.42. The zero-order chi connectivity index (χ0) is 23.8. The molecule has 2 aromatic heterocycles. The van der Waals surface area contributed by atoms with Gasteiger partial charge in [-0.1, -0.05) is 0 Å². The summed E-state index contributed by atoms with van der Waals surface area (Å²) in [6, 6.07) is 9.97. The Labute approximate surface area is 193 Å². The van der Waals surface area contributed by atoms with E-state index in [0.29, 0.717) is 43.5 Å². The summed E-state index contributed by atoms with van der Waals surface area (Å²) >= 11 is 0. The number of rotatable bonds is 5. The number of nitrogens with one attached hydrogen (secondary N) is 1. The smallest absolute Gasteiger partial charge is 0.243 e. The third-order valence-electron chi connectivity index (χ3n) is 5.88. The van der Waals surface area contributed by atoms with Gasteiger partial charge in [0.15, 0.2) is 11.6 Å². The van der Waals surface area contributed by atoms with Crippen molar-refractivity contribution >= 4 is 27.4 Å². The highest BCUT2D eigenvalue weighted by atomic mass is 32.2. The van der Waals surface area contributed by atoms with E-state index in [4.69, 9.17) is 0 Å². The number of carbonyl (C=O) groups excluding carboxylic acids is 1. The highest BCUT2D eigenvalue weighted by Crippen LogP contribution is 2.22. The summed E-state index contributed by atoms with van der Waals surface area (Å²) < 4.78 is 29.3. The fourth-order valence-corrected chi connectivity index (χ4v) is 5.19. The van der Waals surface area contributed by atoms with Crippen LogP contribution in [0.2, 0.25) is 0 Å². The zero-order valence-corrected chi connectivity index (χ0v) is 19.9. The molecule has 0 saturated carbocycles. The molecule has 174 valence electrons. The van der Waals surface area contributed by atoms with Crippen molar-refractivity contribution in [2.24, 2.45) is 0 Å². The summed E-state index contributed by atoms with van der Waals surface area (Å²) in [5.74, 6) is 1.15. The molecule has 0 radical (unpaired) electrons. The van der Waals surface area contributed by atoms with Crippen LogP contribution in [0.1, 0.15) is 23.9 Å². The van der Waals surface area contributed by atoms with Crippen LogP contribution >= 0.6 is 0 Å². The van der Waals surface area contributed by atoms with Gasteiger partial charge in [0, 0.05) is 44.5 Å². The molecule has 3 aromatic rings. The van der Waals surface area contributed by atoms with Gasteiger partial charge in [-0.2, -0.15) is 9.40 Å². The van der Waals surface area contributed by atoms with Crippen molar-refractivity contribution in [3.63, 3.8) is 0 Å². The molecule has 10 nitrogen and oxygen atoms in total. The summed E-state index contributed by atoms with van der Waals surface area (Å²) in [5.41, 5.74) is 3.67. The van der Waals surface area contributed by atoms with Gasteiger partial charge < -0.3 is 10.2 Å². The van der Waals surface area contributed by atoms with E-state index in [1.165, 1.54) is 23.4 Å². The molecule has 11 heteroatoms. The Bertz CT molecular complexity index is 1260. The number of aryl methyl sites for hydroxylation is 1. The van der Waals surface area contributed by atoms with Gasteiger partial charge in [-0.05, 0) is 62.7 Å².